The molecular formula is C26H27FN2O4. The Labute approximate surface area is 192 Å². The predicted molar refractivity (Wildman–Crippen MR) is 124 cm³/mol. The van der Waals surface area contributed by atoms with Crippen molar-refractivity contribution in [3.8, 4) is 5.75 Å². The first kappa shape index (κ1) is 22.7. The normalized spacial score (nSPS) is 18.9. The molecule has 0 radical (unpaired) electrons. The Morgan fingerprint density at radius 2 is 1.73 bits per heavy atom. The van der Waals surface area contributed by atoms with Crippen LogP contribution in [-0.2, 0) is 11.3 Å². The van der Waals surface area contributed by atoms with E-state index in [-0.39, 0.29) is 41.7 Å². The van der Waals surface area contributed by atoms with Crippen molar-refractivity contribution in [1.82, 2.24) is 9.80 Å². The van der Waals surface area contributed by atoms with Crippen LogP contribution in [-0.4, -0.2) is 58.6 Å². The van der Waals surface area contributed by atoms with Crippen LogP contribution in [0.25, 0.3) is 10.8 Å². The predicted octanol–water partition coefficient (Wildman–Crippen LogP) is 4.18. The van der Waals surface area contributed by atoms with E-state index in [4.69, 9.17) is 4.74 Å². The van der Waals surface area contributed by atoms with Gasteiger partial charge in [0.25, 0.3) is 5.91 Å². The smallest absolute Gasteiger partial charge is 0.339 e. The third kappa shape index (κ3) is 4.98. The van der Waals surface area contributed by atoms with Crippen molar-refractivity contribution in [1.29, 1.82) is 0 Å². The molecule has 3 aromatic rings. The number of benzene rings is 3. The zero-order valence-electron chi connectivity index (χ0n) is 18.7. The third-order valence-electron chi connectivity index (χ3n) is 6.18. The number of rotatable bonds is 6. The lowest BCUT2D eigenvalue weighted by molar-refractivity contribution is -0.139. The van der Waals surface area contributed by atoms with Crippen LogP contribution in [0.3, 0.4) is 0 Å². The van der Waals surface area contributed by atoms with Crippen LogP contribution in [0.5, 0.6) is 5.75 Å². The Balaban J connectivity index is 1.44. The van der Waals surface area contributed by atoms with Gasteiger partial charge < -0.3 is 14.7 Å². The standard InChI is InChI=1S/C26H27FN2O4/c1-17-14-29(18(2)13-28(17)15-19-7-10-21(27)11-8-19)24(30)16-33-25-22-6-4-3-5-20(22)9-12-23(25)26(31)32/h3-12,17-18H,13-16H2,1-2H3,(H,31,32)/t17-,18+/m0/s1. The number of halogens is 1. The van der Waals surface area contributed by atoms with Crippen molar-refractivity contribution in [2.45, 2.75) is 32.5 Å². The highest BCUT2D eigenvalue weighted by atomic mass is 19.1. The summed E-state index contributed by atoms with van der Waals surface area (Å²) < 4.78 is 19.0. The highest BCUT2D eigenvalue weighted by Crippen LogP contribution is 2.30. The largest absolute Gasteiger partial charge is 0.482 e. The molecule has 1 amide bonds. The third-order valence-corrected chi connectivity index (χ3v) is 6.18. The Hall–Kier alpha value is -3.45. The molecule has 1 fully saturated rings. The van der Waals surface area contributed by atoms with Gasteiger partial charge in [-0.15, -0.1) is 0 Å². The summed E-state index contributed by atoms with van der Waals surface area (Å²) in [6.07, 6.45) is 0. The molecule has 0 aliphatic carbocycles. The number of ether oxygens (including phenoxy) is 1. The summed E-state index contributed by atoms with van der Waals surface area (Å²) in [6, 6.07) is 17.1. The molecule has 1 heterocycles. The quantitative estimate of drug-likeness (QED) is 0.610. The molecule has 1 saturated heterocycles. The first-order chi connectivity index (χ1) is 15.8. The molecular weight excluding hydrogens is 423 g/mol. The molecule has 0 saturated carbocycles. The molecule has 0 aromatic heterocycles. The van der Waals surface area contributed by atoms with E-state index in [1.54, 1.807) is 29.2 Å². The number of carboxylic acids is 1. The minimum atomic E-state index is -1.10. The van der Waals surface area contributed by atoms with Crippen LogP contribution in [0.1, 0.15) is 29.8 Å². The van der Waals surface area contributed by atoms with Crippen LogP contribution >= 0.6 is 0 Å². The average molecular weight is 451 g/mol. The summed E-state index contributed by atoms with van der Waals surface area (Å²) >= 11 is 0. The molecule has 3 aromatic carbocycles. The number of nitrogens with zero attached hydrogens (tertiary/aromatic N) is 2. The number of aromatic carboxylic acids is 1. The van der Waals surface area contributed by atoms with Gasteiger partial charge in [-0.25, -0.2) is 9.18 Å². The fourth-order valence-corrected chi connectivity index (χ4v) is 4.37. The van der Waals surface area contributed by atoms with E-state index in [0.29, 0.717) is 25.0 Å². The first-order valence-electron chi connectivity index (χ1n) is 11.0. The molecule has 1 aliphatic heterocycles. The minimum absolute atomic E-state index is 0.0343. The number of hydrogen-bond acceptors (Lipinski definition) is 4. The molecule has 0 unspecified atom stereocenters. The van der Waals surface area contributed by atoms with Gasteiger partial charge in [0, 0.05) is 37.1 Å². The van der Waals surface area contributed by atoms with Gasteiger partial charge in [-0.2, -0.15) is 0 Å². The van der Waals surface area contributed by atoms with E-state index in [1.807, 2.05) is 25.1 Å². The summed E-state index contributed by atoms with van der Waals surface area (Å²) in [5.41, 5.74) is 1.06. The maximum Gasteiger partial charge on any atom is 0.339 e. The van der Waals surface area contributed by atoms with Crippen LogP contribution in [0, 0.1) is 5.82 Å². The number of carbonyl (C=O) groups is 2. The number of fused-ring (bicyclic) bond motifs is 1. The number of piperazine rings is 1. The molecule has 1 aliphatic rings. The molecule has 0 spiro atoms. The van der Waals surface area contributed by atoms with E-state index in [0.717, 1.165) is 10.9 Å². The van der Waals surface area contributed by atoms with Crippen molar-refractivity contribution in [3.63, 3.8) is 0 Å². The van der Waals surface area contributed by atoms with Crippen LogP contribution in [0.4, 0.5) is 4.39 Å². The molecule has 33 heavy (non-hydrogen) atoms. The lowest BCUT2D eigenvalue weighted by atomic mass is 10.1. The zero-order chi connectivity index (χ0) is 23.5. The van der Waals surface area contributed by atoms with E-state index < -0.39 is 5.97 Å². The van der Waals surface area contributed by atoms with Crippen molar-refractivity contribution in [2.24, 2.45) is 0 Å². The second-order valence-corrected chi connectivity index (χ2v) is 8.56. The second kappa shape index (κ2) is 9.58. The van der Waals surface area contributed by atoms with Gasteiger partial charge in [0.2, 0.25) is 0 Å². The second-order valence-electron chi connectivity index (χ2n) is 8.56. The lowest BCUT2D eigenvalue weighted by Gasteiger charge is -2.44. The van der Waals surface area contributed by atoms with Crippen molar-refractivity contribution in [2.75, 3.05) is 19.7 Å². The Morgan fingerprint density at radius 3 is 2.45 bits per heavy atom. The molecule has 7 heteroatoms. The van der Waals surface area contributed by atoms with Crippen molar-refractivity contribution in [3.05, 3.63) is 77.6 Å². The number of carbonyl (C=O) groups excluding carboxylic acids is 1. The molecule has 0 bridgehead atoms. The molecule has 4 rings (SSSR count). The fourth-order valence-electron chi connectivity index (χ4n) is 4.37. The van der Waals surface area contributed by atoms with Gasteiger partial charge in [-0.05, 0) is 43.0 Å². The summed E-state index contributed by atoms with van der Waals surface area (Å²) in [5, 5.41) is 11.1. The first-order valence-corrected chi connectivity index (χ1v) is 11.0. The maximum absolute atomic E-state index is 13.2. The Morgan fingerprint density at radius 1 is 1.00 bits per heavy atom. The number of carboxylic acid groups (broad SMARTS) is 1. The van der Waals surface area contributed by atoms with Gasteiger partial charge >= 0.3 is 5.97 Å². The monoisotopic (exact) mass is 450 g/mol. The summed E-state index contributed by atoms with van der Waals surface area (Å²) in [7, 11) is 0. The van der Waals surface area contributed by atoms with Crippen molar-refractivity contribution >= 4 is 22.6 Å². The van der Waals surface area contributed by atoms with Gasteiger partial charge in [0.05, 0.1) is 0 Å². The summed E-state index contributed by atoms with van der Waals surface area (Å²) in [5.74, 6) is -1.32. The fraction of sp³-hybridized carbons (Fsp3) is 0.308. The van der Waals surface area contributed by atoms with E-state index in [2.05, 4.69) is 11.8 Å². The minimum Gasteiger partial charge on any atom is -0.482 e. The van der Waals surface area contributed by atoms with Gasteiger partial charge in [-0.3, -0.25) is 9.69 Å². The molecule has 1 N–H and O–H groups in total. The van der Waals surface area contributed by atoms with Crippen LogP contribution in [0.2, 0.25) is 0 Å². The lowest BCUT2D eigenvalue weighted by Crippen LogP contribution is -2.58. The summed E-state index contributed by atoms with van der Waals surface area (Å²) in [6.45, 7) is 5.71. The molecule has 172 valence electrons. The topological polar surface area (TPSA) is 70.1 Å². The highest BCUT2D eigenvalue weighted by molar-refractivity contribution is 6.00. The van der Waals surface area contributed by atoms with Crippen molar-refractivity contribution < 1.29 is 23.8 Å². The average Bonchev–Trinajstić information content (AvgIpc) is 2.80. The van der Waals surface area contributed by atoms with Crippen LogP contribution < -0.4 is 4.74 Å². The Kier molecular flexibility index (Phi) is 6.60. The van der Waals surface area contributed by atoms with E-state index >= 15 is 0 Å². The Bertz CT molecular complexity index is 1160. The summed E-state index contributed by atoms with van der Waals surface area (Å²) in [4.78, 5) is 28.8. The van der Waals surface area contributed by atoms with E-state index in [1.165, 1.54) is 18.2 Å². The van der Waals surface area contributed by atoms with Gasteiger partial charge in [0.1, 0.15) is 17.1 Å². The van der Waals surface area contributed by atoms with Gasteiger partial charge in [0.15, 0.2) is 6.61 Å². The number of amides is 1. The zero-order valence-corrected chi connectivity index (χ0v) is 18.7. The van der Waals surface area contributed by atoms with Crippen LogP contribution in [0.15, 0.2) is 60.7 Å². The number of hydrogen-bond donors (Lipinski definition) is 1. The van der Waals surface area contributed by atoms with E-state index in [9.17, 15) is 19.1 Å². The maximum atomic E-state index is 13.2. The van der Waals surface area contributed by atoms with Gasteiger partial charge in [-0.1, -0.05) is 42.5 Å². The highest BCUT2D eigenvalue weighted by Gasteiger charge is 2.32. The SMILES string of the molecule is C[C@@H]1CN(Cc2ccc(F)cc2)[C@@H](C)CN1C(=O)COc1c(C(=O)O)ccc2ccccc12. The molecule has 6 nitrogen and oxygen atoms in total. The molecule has 2 atom stereocenters.